The van der Waals surface area contributed by atoms with Gasteiger partial charge in [0.25, 0.3) is 5.91 Å². The zero-order chi connectivity index (χ0) is 15.0. The van der Waals surface area contributed by atoms with Crippen LogP contribution >= 0.6 is 11.3 Å². The normalized spacial score (nSPS) is 12.8. The van der Waals surface area contributed by atoms with Gasteiger partial charge < -0.3 is 10.4 Å². The summed E-state index contributed by atoms with van der Waals surface area (Å²) in [4.78, 5) is 24.2. The fourth-order valence-corrected chi connectivity index (χ4v) is 2.92. The van der Waals surface area contributed by atoms with Crippen LogP contribution in [-0.2, 0) is 11.8 Å². The number of carbonyl (C=O) groups excluding carboxylic acids is 1. The molecular weight excluding hydrogens is 278 g/mol. The summed E-state index contributed by atoms with van der Waals surface area (Å²) in [5, 5.41) is 16.7. The first-order chi connectivity index (χ1) is 9.31. The van der Waals surface area contributed by atoms with Crippen molar-refractivity contribution < 1.29 is 14.7 Å². The molecule has 0 saturated carbocycles. The summed E-state index contributed by atoms with van der Waals surface area (Å²) in [6.07, 6.45) is 0. The topological polar surface area (TPSA) is 84.2 Å². The lowest BCUT2D eigenvalue weighted by Crippen LogP contribution is -2.37. The molecule has 7 heteroatoms. The molecule has 2 rings (SSSR count). The number of nitrogens with zero attached hydrogens (tertiary/aromatic N) is 2. The monoisotopic (exact) mass is 295 g/mol. The second-order valence-electron chi connectivity index (χ2n) is 5.03. The summed E-state index contributed by atoms with van der Waals surface area (Å²) < 4.78 is 1.76. The number of carbonyl (C=O) groups is 2. The van der Waals surface area contributed by atoms with Gasteiger partial charge in [-0.05, 0) is 18.9 Å². The molecule has 108 valence electrons. The lowest BCUT2D eigenvalue weighted by atomic mass is 10.1. The maximum atomic E-state index is 12.0. The number of nitrogens with one attached hydrogen (secondary N) is 1. The number of aromatic nitrogens is 2. The number of hydrogen-bond acceptors (Lipinski definition) is 4. The third-order valence-electron chi connectivity index (χ3n) is 3.03. The van der Waals surface area contributed by atoms with Gasteiger partial charge >= 0.3 is 5.97 Å². The van der Waals surface area contributed by atoms with Gasteiger partial charge in [0.2, 0.25) is 0 Å². The maximum absolute atomic E-state index is 12.0. The summed E-state index contributed by atoms with van der Waals surface area (Å²) in [5.41, 5.74) is 0.948. The predicted molar refractivity (Wildman–Crippen MR) is 77.2 cm³/mol. The van der Waals surface area contributed by atoms with Crippen molar-refractivity contribution in [2.24, 2.45) is 7.05 Å². The highest BCUT2D eigenvalue weighted by atomic mass is 32.1. The van der Waals surface area contributed by atoms with Crippen LogP contribution < -0.4 is 5.32 Å². The highest BCUT2D eigenvalue weighted by molar-refractivity contribution is 7.20. The van der Waals surface area contributed by atoms with Crippen LogP contribution in [0.1, 0.15) is 42.1 Å². The molecular formula is C13H17N3O3S. The molecule has 20 heavy (non-hydrogen) atoms. The van der Waals surface area contributed by atoms with Crippen molar-refractivity contribution >= 4 is 33.4 Å². The van der Waals surface area contributed by atoms with Crippen LogP contribution in [0.5, 0.6) is 0 Å². The molecule has 0 aromatic carbocycles. The zero-order valence-electron chi connectivity index (χ0n) is 11.8. The fourth-order valence-electron chi connectivity index (χ4n) is 1.93. The minimum Gasteiger partial charge on any atom is -0.480 e. The van der Waals surface area contributed by atoms with Crippen LogP contribution in [0.2, 0.25) is 0 Å². The van der Waals surface area contributed by atoms with Crippen LogP contribution in [0.25, 0.3) is 10.2 Å². The SMILES string of the molecule is CC(NC(=O)c1cc2c(C(C)C)nn(C)c2s1)C(=O)O. The Bertz CT molecular complexity index is 672. The lowest BCUT2D eigenvalue weighted by Gasteiger charge is -2.07. The molecule has 2 heterocycles. The average Bonchev–Trinajstić information content (AvgIpc) is 2.90. The van der Waals surface area contributed by atoms with Crippen molar-refractivity contribution in [1.82, 2.24) is 15.1 Å². The van der Waals surface area contributed by atoms with Gasteiger partial charge in [-0.1, -0.05) is 13.8 Å². The molecule has 6 nitrogen and oxygen atoms in total. The predicted octanol–water partition coefficient (Wildman–Crippen LogP) is 1.96. The highest BCUT2D eigenvalue weighted by Crippen LogP contribution is 2.31. The molecule has 2 N–H and O–H groups in total. The van der Waals surface area contributed by atoms with E-state index in [1.54, 1.807) is 10.7 Å². The molecule has 0 aliphatic heterocycles. The summed E-state index contributed by atoms with van der Waals surface area (Å²) in [6, 6.07) is 0.877. The molecule has 1 atom stereocenters. The van der Waals surface area contributed by atoms with Gasteiger partial charge in [-0.3, -0.25) is 14.3 Å². The van der Waals surface area contributed by atoms with Gasteiger partial charge in [-0.2, -0.15) is 5.10 Å². The first-order valence-corrected chi connectivity index (χ1v) is 7.13. The summed E-state index contributed by atoms with van der Waals surface area (Å²) in [6.45, 7) is 5.53. The Hall–Kier alpha value is -1.89. The van der Waals surface area contributed by atoms with Gasteiger partial charge in [-0.15, -0.1) is 11.3 Å². The molecule has 0 saturated heterocycles. The molecule has 2 aromatic rings. The summed E-state index contributed by atoms with van der Waals surface area (Å²) in [7, 11) is 1.84. The fraction of sp³-hybridized carbons (Fsp3) is 0.462. The zero-order valence-corrected chi connectivity index (χ0v) is 12.6. The number of carboxylic acid groups (broad SMARTS) is 1. The van der Waals surface area contributed by atoms with Crippen LogP contribution in [0.4, 0.5) is 0 Å². The number of aliphatic carboxylic acids is 1. The average molecular weight is 295 g/mol. The van der Waals surface area contributed by atoms with Crippen molar-refractivity contribution in [3.63, 3.8) is 0 Å². The standard InChI is InChI=1S/C13H17N3O3S/c1-6(2)10-8-5-9(20-12(8)16(4)15-10)11(17)14-7(3)13(18)19/h5-7H,1-4H3,(H,14,17)(H,18,19). The maximum Gasteiger partial charge on any atom is 0.325 e. The smallest absolute Gasteiger partial charge is 0.325 e. The summed E-state index contributed by atoms with van der Waals surface area (Å²) in [5.74, 6) is -1.15. The third-order valence-corrected chi connectivity index (χ3v) is 4.23. The number of carboxylic acids is 1. The molecule has 0 spiro atoms. The quantitative estimate of drug-likeness (QED) is 0.903. The van der Waals surface area contributed by atoms with E-state index in [1.807, 2.05) is 20.9 Å². The van der Waals surface area contributed by atoms with E-state index in [9.17, 15) is 9.59 Å². The Morgan fingerprint density at radius 1 is 1.40 bits per heavy atom. The Kier molecular flexibility index (Phi) is 3.80. The van der Waals surface area contributed by atoms with Crippen LogP contribution in [0.15, 0.2) is 6.07 Å². The minimum absolute atomic E-state index is 0.266. The minimum atomic E-state index is -1.05. The Morgan fingerprint density at radius 2 is 2.05 bits per heavy atom. The van der Waals surface area contributed by atoms with E-state index in [0.29, 0.717) is 4.88 Å². The van der Waals surface area contributed by atoms with Crippen LogP contribution in [-0.4, -0.2) is 32.8 Å². The van der Waals surface area contributed by atoms with E-state index in [1.165, 1.54) is 18.3 Å². The molecule has 0 radical (unpaired) electrons. The number of hydrogen-bond donors (Lipinski definition) is 2. The van der Waals surface area contributed by atoms with Gasteiger partial charge in [0.1, 0.15) is 10.9 Å². The number of aryl methyl sites for hydroxylation is 1. The molecule has 0 aliphatic carbocycles. The van der Waals surface area contributed by atoms with Gasteiger partial charge in [0, 0.05) is 12.4 Å². The second-order valence-corrected chi connectivity index (χ2v) is 6.06. The first-order valence-electron chi connectivity index (χ1n) is 6.31. The molecule has 0 fully saturated rings. The van der Waals surface area contributed by atoms with Crippen LogP contribution in [0, 0.1) is 0 Å². The van der Waals surface area contributed by atoms with Gasteiger partial charge in [0.05, 0.1) is 10.6 Å². The van der Waals surface area contributed by atoms with E-state index in [2.05, 4.69) is 10.4 Å². The van der Waals surface area contributed by atoms with Crippen molar-refractivity contribution in [2.45, 2.75) is 32.7 Å². The Labute approximate surface area is 120 Å². The van der Waals surface area contributed by atoms with E-state index >= 15 is 0 Å². The van der Waals surface area contributed by atoms with Crippen molar-refractivity contribution in [3.05, 3.63) is 16.6 Å². The third kappa shape index (κ3) is 2.53. The molecule has 1 unspecified atom stereocenters. The van der Waals surface area contributed by atoms with Crippen molar-refractivity contribution in [2.75, 3.05) is 0 Å². The first kappa shape index (κ1) is 14.5. The molecule has 0 aliphatic rings. The second kappa shape index (κ2) is 5.24. The number of amides is 1. The Balaban J connectivity index is 2.35. The molecule has 2 aromatic heterocycles. The van der Waals surface area contributed by atoms with E-state index < -0.39 is 12.0 Å². The molecule has 0 bridgehead atoms. The summed E-state index contributed by atoms with van der Waals surface area (Å²) >= 11 is 1.32. The van der Waals surface area contributed by atoms with E-state index in [4.69, 9.17) is 5.11 Å². The van der Waals surface area contributed by atoms with Crippen LogP contribution in [0.3, 0.4) is 0 Å². The van der Waals surface area contributed by atoms with Crippen molar-refractivity contribution in [1.29, 1.82) is 0 Å². The number of fused-ring (bicyclic) bond motifs is 1. The largest absolute Gasteiger partial charge is 0.480 e. The van der Waals surface area contributed by atoms with E-state index in [-0.39, 0.29) is 11.8 Å². The molecule has 1 amide bonds. The van der Waals surface area contributed by atoms with E-state index in [0.717, 1.165) is 15.9 Å². The lowest BCUT2D eigenvalue weighted by molar-refractivity contribution is -0.138. The van der Waals surface area contributed by atoms with Crippen molar-refractivity contribution in [3.8, 4) is 0 Å². The van der Waals surface area contributed by atoms with Gasteiger partial charge in [-0.25, -0.2) is 0 Å². The van der Waals surface area contributed by atoms with Gasteiger partial charge in [0.15, 0.2) is 0 Å². The highest BCUT2D eigenvalue weighted by Gasteiger charge is 2.20. The number of rotatable bonds is 4. The number of thiophene rings is 1. The Morgan fingerprint density at radius 3 is 2.60 bits per heavy atom.